The van der Waals surface area contributed by atoms with Crippen molar-refractivity contribution in [2.75, 3.05) is 0 Å². The highest BCUT2D eigenvalue weighted by atomic mass is 16.3. The minimum atomic E-state index is -0.0752. The van der Waals surface area contributed by atoms with Crippen molar-refractivity contribution in [2.45, 2.75) is 19.8 Å². The highest BCUT2D eigenvalue weighted by Gasteiger charge is 2.10. The summed E-state index contributed by atoms with van der Waals surface area (Å²) in [4.78, 5) is 0. The molecule has 0 amide bonds. The first-order valence-electron chi connectivity index (χ1n) is 5.83. The first kappa shape index (κ1) is 11.5. The molecule has 0 aliphatic heterocycles. The maximum atomic E-state index is 9.89. The molecule has 0 spiro atoms. The quantitative estimate of drug-likeness (QED) is 0.786. The molecular weight excluding hydrogens is 212 g/mol. The number of aryl methyl sites for hydroxylation is 1. The number of hydrogen-bond acceptors (Lipinski definition) is 2. The summed E-state index contributed by atoms with van der Waals surface area (Å²) in [5.74, 6) is -0.121. The number of phenols is 2. The lowest BCUT2D eigenvalue weighted by molar-refractivity contribution is 0.405. The maximum Gasteiger partial charge on any atom is 0.165 e. The zero-order valence-corrected chi connectivity index (χ0v) is 9.85. The van der Waals surface area contributed by atoms with Crippen LogP contribution in [0.15, 0.2) is 42.5 Å². The molecule has 0 aromatic heterocycles. The molecule has 0 radical (unpaired) electrons. The molecule has 88 valence electrons. The first-order chi connectivity index (χ1) is 8.24. The van der Waals surface area contributed by atoms with E-state index in [-0.39, 0.29) is 11.5 Å². The Morgan fingerprint density at radius 3 is 2.35 bits per heavy atom. The van der Waals surface area contributed by atoms with Crippen molar-refractivity contribution in [3.8, 4) is 22.6 Å². The molecule has 0 heterocycles. The van der Waals surface area contributed by atoms with Crippen molar-refractivity contribution in [1.82, 2.24) is 0 Å². The van der Waals surface area contributed by atoms with Gasteiger partial charge in [0.15, 0.2) is 11.5 Å². The van der Waals surface area contributed by atoms with Gasteiger partial charge in [-0.25, -0.2) is 0 Å². The van der Waals surface area contributed by atoms with E-state index in [1.54, 1.807) is 6.07 Å². The smallest absolute Gasteiger partial charge is 0.165 e. The Kier molecular flexibility index (Phi) is 3.33. The van der Waals surface area contributed by atoms with E-state index >= 15 is 0 Å². The van der Waals surface area contributed by atoms with E-state index in [0.29, 0.717) is 5.56 Å². The van der Waals surface area contributed by atoms with E-state index in [9.17, 15) is 10.2 Å². The van der Waals surface area contributed by atoms with E-state index in [4.69, 9.17) is 0 Å². The van der Waals surface area contributed by atoms with Gasteiger partial charge < -0.3 is 10.2 Å². The fourth-order valence-corrected chi connectivity index (χ4v) is 2.02. The molecular formula is C15H16O2. The van der Waals surface area contributed by atoms with Gasteiger partial charge in [0.05, 0.1) is 0 Å². The van der Waals surface area contributed by atoms with Crippen LogP contribution in [0.25, 0.3) is 11.1 Å². The molecule has 2 aromatic rings. The molecule has 0 fully saturated rings. The largest absolute Gasteiger partial charge is 0.504 e. The Balaban J connectivity index is 2.56. The van der Waals surface area contributed by atoms with Gasteiger partial charge >= 0.3 is 0 Å². The van der Waals surface area contributed by atoms with Gasteiger partial charge in [0.1, 0.15) is 0 Å². The minimum absolute atomic E-state index is 0.0453. The summed E-state index contributed by atoms with van der Waals surface area (Å²) in [5, 5.41) is 19.4. The number of rotatable bonds is 3. The molecule has 0 aliphatic rings. The third kappa shape index (κ3) is 2.26. The second-order valence-corrected chi connectivity index (χ2v) is 4.08. The minimum Gasteiger partial charge on any atom is -0.504 e. The molecule has 2 rings (SSSR count). The van der Waals surface area contributed by atoms with Crippen LogP contribution in [0.2, 0.25) is 0 Å². The van der Waals surface area contributed by atoms with Crippen molar-refractivity contribution in [3.05, 3.63) is 48.0 Å². The van der Waals surface area contributed by atoms with Crippen molar-refractivity contribution in [1.29, 1.82) is 0 Å². The second-order valence-electron chi connectivity index (χ2n) is 4.08. The summed E-state index contributed by atoms with van der Waals surface area (Å²) in [6, 6.07) is 13.0. The fourth-order valence-electron chi connectivity index (χ4n) is 2.02. The van der Waals surface area contributed by atoms with Crippen LogP contribution in [0, 0.1) is 0 Å². The van der Waals surface area contributed by atoms with E-state index in [0.717, 1.165) is 18.4 Å². The van der Waals surface area contributed by atoms with Crippen LogP contribution in [-0.2, 0) is 6.42 Å². The Bertz CT molecular complexity index is 518. The lowest BCUT2D eigenvalue weighted by Gasteiger charge is -2.11. The third-order valence-electron chi connectivity index (χ3n) is 2.84. The summed E-state index contributed by atoms with van der Waals surface area (Å²) in [6.45, 7) is 2.12. The van der Waals surface area contributed by atoms with Crippen LogP contribution in [0.5, 0.6) is 11.5 Å². The standard InChI is InChI=1S/C15H16O2/c1-2-6-11-7-3-4-8-12(11)13-9-5-10-14(16)15(13)17/h3-5,7-10,16-17H,2,6H2,1H3. The zero-order valence-electron chi connectivity index (χ0n) is 9.85. The molecule has 0 bridgehead atoms. The molecule has 2 nitrogen and oxygen atoms in total. The van der Waals surface area contributed by atoms with Crippen LogP contribution >= 0.6 is 0 Å². The van der Waals surface area contributed by atoms with Crippen LogP contribution in [0.1, 0.15) is 18.9 Å². The van der Waals surface area contributed by atoms with Crippen LogP contribution in [0.4, 0.5) is 0 Å². The zero-order chi connectivity index (χ0) is 12.3. The number of benzene rings is 2. The molecule has 0 saturated heterocycles. The van der Waals surface area contributed by atoms with E-state index in [1.165, 1.54) is 11.6 Å². The molecule has 2 N–H and O–H groups in total. The van der Waals surface area contributed by atoms with Crippen molar-refractivity contribution in [3.63, 3.8) is 0 Å². The van der Waals surface area contributed by atoms with Crippen molar-refractivity contribution in [2.24, 2.45) is 0 Å². The first-order valence-corrected chi connectivity index (χ1v) is 5.83. The van der Waals surface area contributed by atoms with Crippen molar-refractivity contribution >= 4 is 0 Å². The lowest BCUT2D eigenvalue weighted by atomic mass is 9.96. The Morgan fingerprint density at radius 2 is 1.59 bits per heavy atom. The predicted octanol–water partition coefficient (Wildman–Crippen LogP) is 3.72. The summed E-state index contributed by atoms with van der Waals surface area (Å²) >= 11 is 0. The number of aromatic hydroxyl groups is 2. The summed E-state index contributed by atoms with van der Waals surface area (Å²) in [5.41, 5.74) is 2.87. The van der Waals surface area contributed by atoms with E-state index in [2.05, 4.69) is 13.0 Å². The SMILES string of the molecule is CCCc1ccccc1-c1cccc(O)c1O. The van der Waals surface area contributed by atoms with E-state index in [1.807, 2.05) is 24.3 Å². The van der Waals surface area contributed by atoms with E-state index < -0.39 is 0 Å². The third-order valence-corrected chi connectivity index (χ3v) is 2.84. The summed E-state index contributed by atoms with van der Waals surface area (Å²) < 4.78 is 0. The molecule has 0 saturated carbocycles. The second kappa shape index (κ2) is 4.91. The normalized spacial score (nSPS) is 10.4. The average Bonchev–Trinajstić information content (AvgIpc) is 2.34. The maximum absolute atomic E-state index is 9.89. The predicted molar refractivity (Wildman–Crippen MR) is 69.2 cm³/mol. The topological polar surface area (TPSA) is 40.5 Å². The van der Waals surface area contributed by atoms with Crippen LogP contribution in [-0.4, -0.2) is 10.2 Å². The van der Waals surface area contributed by atoms with Crippen LogP contribution in [0.3, 0.4) is 0 Å². The lowest BCUT2D eigenvalue weighted by Crippen LogP contribution is -1.89. The van der Waals surface area contributed by atoms with Crippen LogP contribution < -0.4 is 0 Å². The van der Waals surface area contributed by atoms with Gasteiger partial charge in [-0.1, -0.05) is 49.7 Å². The average molecular weight is 228 g/mol. The Morgan fingerprint density at radius 1 is 0.882 bits per heavy atom. The molecule has 0 aliphatic carbocycles. The number of phenolic OH excluding ortho intramolecular Hbond substituents is 2. The summed E-state index contributed by atoms with van der Waals surface area (Å²) in [7, 11) is 0. The van der Waals surface area contributed by atoms with Gasteiger partial charge in [-0.3, -0.25) is 0 Å². The van der Waals surface area contributed by atoms with Gasteiger partial charge in [0, 0.05) is 5.56 Å². The highest BCUT2D eigenvalue weighted by Crippen LogP contribution is 2.37. The van der Waals surface area contributed by atoms with Gasteiger partial charge in [-0.05, 0) is 23.6 Å². The fraction of sp³-hybridized carbons (Fsp3) is 0.200. The van der Waals surface area contributed by atoms with Crippen molar-refractivity contribution < 1.29 is 10.2 Å². The molecule has 0 unspecified atom stereocenters. The van der Waals surface area contributed by atoms with Gasteiger partial charge in [0.2, 0.25) is 0 Å². The molecule has 2 heteroatoms. The number of hydrogen-bond donors (Lipinski definition) is 2. The Hall–Kier alpha value is -1.96. The van der Waals surface area contributed by atoms with Gasteiger partial charge in [-0.2, -0.15) is 0 Å². The highest BCUT2D eigenvalue weighted by molar-refractivity contribution is 5.75. The molecule has 17 heavy (non-hydrogen) atoms. The molecule has 2 aromatic carbocycles. The Labute approximate surface area is 101 Å². The molecule has 0 atom stereocenters. The summed E-state index contributed by atoms with van der Waals surface area (Å²) in [6.07, 6.45) is 2.02. The van der Waals surface area contributed by atoms with Gasteiger partial charge in [-0.15, -0.1) is 0 Å². The monoisotopic (exact) mass is 228 g/mol. The van der Waals surface area contributed by atoms with Gasteiger partial charge in [0.25, 0.3) is 0 Å². The number of para-hydroxylation sites is 1.